The van der Waals surface area contributed by atoms with Gasteiger partial charge in [-0.1, -0.05) is 19.3 Å². The van der Waals surface area contributed by atoms with E-state index in [2.05, 4.69) is 12.2 Å². The third-order valence-electron chi connectivity index (χ3n) is 3.78. The van der Waals surface area contributed by atoms with Crippen LogP contribution in [0.15, 0.2) is 0 Å². The van der Waals surface area contributed by atoms with Gasteiger partial charge in [-0.3, -0.25) is 0 Å². The average molecular weight is 197 g/mol. The van der Waals surface area contributed by atoms with Gasteiger partial charge >= 0.3 is 0 Å². The van der Waals surface area contributed by atoms with Gasteiger partial charge in [0, 0.05) is 18.7 Å². The Kier molecular flexibility index (Phi) is 3.45. The maximum Gasteiger partial charge on any atom is 0.0474 e. The van der Waals surface area contributed by atoms with Crippen molar-refractivity contribution in [2.24, 2.45) is 11.8 Å². The van der Waals surface area contributed by atoms with Gasteiger partial charge in [0.2, 0.25) is 0 Å². The second-order valence-electron chi connectivity index (χ2n) is 5.23. The quantitative estimate of drug-likeness (QED) is 0.706. The van der Waals surface area contributed by atoms with Crippen molar-refractivity contribution in [3.63, 3.8) is 0 Å². The summed E-state index contributed by atoms with van der Waals surface area (Å²) in [7, 11) is 0. The predicted molar refractivity (Wildman–Crippen MR) is 58.2 cm³/mol. The predicted octanol–water partition coefficient (Wildman–Crippen LogP) is 1.93. The molecule has 2 aliphatic carbocycles. The van der Waals surface area contributed by atoms with Crippen molar-refractivity contribution in [3.8, 4) is 0 Å². The Labute approximate surface area is 87.1 Å². The molecular weight excluding hydrogens is 174 g/mol. The highest BCUT2D eigenvalue weighted by molar-refractivity contribution is 4.86. The summed E-state index contributed by atoms with van der Waals surface area (Å²) < 4.78 is 0. The molecule has 0 bridgehead atoms. The Balaban J connectivity index is 1.71. The van der Waals surface area contributed by atoms with Gasteiger partial charge in [-0.2, -0.15) is 0 Å². The molecule has 2 heteroatoms. The van der Waals surface area contributed by atoms with Gasteiger partial charge in [-0.15, -0.1) is 0 Å². The van der Waals surface area contributed by atoms with E-state index in [0.29, 0.717) is 24.6 Å². The third kappa shape index (κ3) is 2.71. The van der Waals surface area contributed by atoms with Crippen LogP contribution in [-0.2, 0) is 0 Å². The minimum atomic E-state index is 0.369. The normalized spacial score (nSPS) is 34.7. The summed E-state index contributed by atoms with van der Waals surface area (Å²) in [5, 5.41) is 12.9. The van der Waals surface area contributed by atoms with Gasteiger partial charge in [0.25, 0.3) is 0 Å². The van der Waals surface area contributed by atoms with Crippen LogP contribution in [0, 0.1) is 11.8 Å². The van der Waals surface area contributed by atoms with Crippen molar-refractivity contribution in [3.05, 3.63) is 0 Å². The molecule has 2 aliphatic rings. The van der Waals surface area contributed by atoms with Gasteiger partial charge in [-0.25, -0.2) is 0 Å². The highest BCUT2D eigenvalue weighted by atomic mass is 16.3. The maximum absolute atomic E-state index is 9.20. The molecule has 2 N–H and O–H groups in total. The van der Waals surface area contributed by atoms with Crippen LogP contribution in [0.2, 0.25) is 0 Å². The molecule has 0 saturated heterocycles. The Morgan fingerprint density at radius 2 is 2.07 bits per heavy atom. The van der Waals surface area contributed by atoms with Crippen molar-refractivity contribution in [2.75, 3.05) is 6.61 Å². The Bertz CT molecular complexity index is 179. The molecule has 2 fully saturated rings. The molecule has 0 heterocycles. The summed E-state index contributed by atoms with van der Waals surface area (Å²) in [5.74, 6) is 1.53. The number of aliphatic hydroxyl groups is 1. The van der Waals surface area contributed by atoms with E-state index in [1.54, 1.807) is 0 Å². The maximum atomic E-state index is 9.20. The fourth-order valence-corrected chi connectivity index (χ4v) is 2.76. The molecule has 0 radical (unpaired) electrons. The van der Waals surface area contributed by atoms with E-state index in [-0.39, 0.29) is 0 Å². The summed E-state index contributed by atoms with van der Waals surface area (Å²) in [6, 6.07) is 1.24. The van der Waals surface area contributed by atoms with Crippen molar-refractivity contribution in [1.82, 2.24) is 5.32 Å². The first-order chi connectivity index (χ1) is 6.79. The molecule has 2 nitrogen and oxygen atoms in total. The van der Waals surface area contributed by atoms with Gasteiger partial charge in [-0.05, 0) is 38.0 Å². The van der Waals surface area contributed by atoms with Crippen LogP contribution in [0.5, 0.6) is 0 Å². The molecule has 0 aromatic carbocycles. The largest absolute Gasteiger partial charge is 0.396 e. The van der Waals surface area contributed by atoms with E-state index < -0.39 is 0 Å². The van der Waals surface area contributed by atoms with Crippen LogP contribution in [0.25, 0.3) is 0 Å². The van der Waals surface area contributed by atoms with E-state index in [9.17, 15) is 5.11 Å². The Morgan fingerprint density at radius 3 is 2.71 bits per heavy atom. The smallest absolute Gasteiger partial charge is 0.0474 e. The SMILES string of the molecule is CC(CC1CC1)NC1CCCC1CO. The minimum Gasteiger partial charge on any atom is -0.396 e. The zero-order chi connectivity index (χ0) is 9.97. The van der Waals surface area contributed by atoms with Crippen LogP contribution in [0.3, 0.4) is 0 Å². The highest BCUT2D eigenvalue weighted by Crippen LogP contribution is 2.34. The zero-order valence-electron chi connectivity index (χ0n) is 9.21. The minimum absolute atomic E-state index is 0.369. The Morgan fingerprint density at radius 1 is 1.29 bits per heavy atom. The molecule has 0 amide bonds. The van der Waals surface area contributed by atoms with Crippen LogP contribution in [-0.4, -0.2) is 23.8 Å². The molecule has 14 heavy (non-hydrogen) atoms. The lowest BCUT2D eigenvalue weighted by molar-refractivity contribution is 0.199. The Hall–Kier alpha value is -0.0800. The summed E-state index contributed by atoms with van der Waals surface area (Å²) in [5.41, 5.74) is 0. The van der Waals surface area contributed by atoms with Gasteiger partial charge in [0.05, 0.1) is 0 Å². The van der Waals surface area contributed by atoms with Crippen molar-refractivity contribution in [2.45, 2.75) is 57.5 Å². The summed E-state index contributed by atoms with van der Waals surface area (Å²) >= 11 is 0. The molecule has 0 spiro atoms. The second-order valence-corrected chi connectivity index (χ2v) is 5.23. The summed E-state index contributed by atoms with van der Waals surface area (Å²) in [4.78, 5) is 0. The number of hydrogen-bond donors (Lipinski definition) is 2. The lowest BCUT2D eigenvalue weighted by atomic mass is 10.0. The van der Waals surface area contributed by atoms with Crippen molar-refractivity contribution in [1.29, 1.82) is 0 Å². The molecule has 2 rings (SSSR count). The van der Waals surface area contributed by atoms with E-state index in [0.717, 1.165) is 5.92 Å². The third-order valence-corrected chi connectivity index (χ3v) is 3.78. The summed E-state index contributed by atoms with van der Waals surface area (Å²) in [6.07, 6.45) is 8.00. The van der Waals surface area contributed by atoms with Crippen LogP contribution in [0.1, 0.15) is 45.4 Å². The van der Waals surface area contributed by atoms with E-state index in [1.165, 1.54) is 38.5 Å². The molecular formula is C12H23NO. The van der Waals surface area contributed by atoms with E-state index in [1.807, 2.05) is 0 Å². The summed E-state index contributed by atoms with van der Waals surface area (Å²) in [6.45, 7) is 2.67. The van der Waals surface area contributed by atoms with Gasteiger partial charge in [0.15, 0.2) is 0 Å². The van der Waals surface area contributed by atoms with E-state index in [4.69, 9.17) is 0 Å². The van der Waals surface area contributed by atoms with Crippen LogP contribution < -0.4 is 5.32 Å². The monoisotopic (exact) mass is 197 g/mol. The fourth-order valence-electron chi connectivity index (χ4n) is 2.76. The number of nitrogens with one attached hydrogen (secondary N) is 1. The number of rotatable bonds is 5. The average Bonchev–Trinajstić information content (AvgIpc) is 2.84. The molecule has 3 unspecified atom stereocenters. The first-order valence-corrected chi connectivity index (χ1v) is 6.16. The zero-order valence-corrected chi connectivity index (χ0v) is 9.21. The molecule has 82 valence electrons. The fraction of sp³-hybridized carbons (Fsp3) is 1.00. The lowest BCUT2D eigenvalue weighted by Gasteiger charge is -2.23. The standard InChI is InChI=1S/C12H23NO/c1-9(7-10-5-6-10)13-12-4-2-3-11(12)8-14/h9-14H,2-8H2,1H3. The van der Waals surface area contributed by atoms with Gasteiger partial charge in [0.1, 0.15) is 0 Å². The molecule has 0 aliphatic heterocycles. The highest BCUT2D eigenvalue weighted by Gasteiger charge is 2.29. The molecule has 3 atom stereocenters. The topological polar surface area (TPSA) is 32.3 Å². The van der Waals surface area contributed by atoms with Crippen LogP contribution in [0.4, 0.5) is 0 Å². The van der Waals surface area contributed by atoms with Crippen molar-refractivity contribution < 1.29 is 5.11 Å². The lowest BCUT2D eigenvalue weighted by Crippen LogP contribution is -2.40. The van der Waals surface area contributed by atoms with Crippen LogP contribution >= 0.6 is 0 Å². The first-order valence-electron chi connectivity index (χ1n) is 6.16. The first kappa shape index (κ1) is 10.4. The second kappa shape index (κ2) is 4.63. The molecule has 0 aromatic rings. The van der Waals surface area contributed by atoms with Gasteiger partial charge < -0.3 is 10.4 Å². The van der Waals surface area contributed by atoms with E-state index >= 15 is 0 Å². The number of hydrogen-bond acceptors (Lipinski definition) is 2. The molecule has 2 saturated carbocycles. The van der Waals surface area contributed by atoms with Crippen molar-refractivity contribution >= 4 is 0 Å². The molecule has 0 aromatic heterocycles. The number of aliphatic hydroxyl groups excluding tert-OH is 1.